The first-order valence-electron chi connectivity index (χ1n) is 5.33. The highest BCUT2D eigenvalue weighted by Crippen LogP contribution is 2.17. The van der Waals surface area contributed by atoms with Gasteiger partial charge in [-0.25, -0.2) is 8.42 Å². The van der Waals surface area contributed by atoms with E-state index in [0.717, 1.165) is 0 Å². The maximum absolute atomic E-state index is 10.9. The molecule has 0 bridgehead atoms. The van der Waals surface area contributed by atoms with Crippen LogP contribution >= 0.6 is 0 Å². The van der Waals surface area contributed by atoms with Crippen LogP contribution in [-0.4, -0.2) is 38.2 Å². The molecule has 15 heavy (non-hydrogen) atoms. The van der Waals surface area contributed by atoms with Crippen molar-refractivity contribution in [3.63, 3.8) is 0 Å². The van der Waals surface area contributed by atoms with E-state index in [1.807, 2.05) is 13.8 Å². The number of aliphatic hydroxyl groups is 1. The maximum atomic E-state index is 10.9. The van der Waals surface area contributed by atoms with Crippen LogP contribution < -0.4 is 5.73 Å². The van der Waals surface area contributed by atoms with Crippen molar-refractivity contribution in [3.05, 3.63) is 0 Å². The molecule has 0 rings (SSSR count). The second kappa shape index (κ2) is 6.45. The number of hydrogen-bond donors (Lipinski definition) is 2. The molecule has 0 radical (unpaired) electrons. The third-order valence-electron chi connectivity index (χ3n) is 2.64. The Morgan fingerprint density at radius 3 is 2.20 bits per heavy atom. The molecule has 0 aromatic carbocycles. The quantitative estimate of drug-likeness (QED) is 0.672. The zero-order valence-corrected chi connectivity index (χ0v) is 10.6. The molecule has 3 N–H and O–H groups in total. The molecular formula is C10H23NO3S. The Bertz CT molecular complexity index is 262. The van der Waals surface area contributed by atoms with Gasteiger partial charge in [0.25, 0.3) is 0 Å². The van der Waals surface area contributed by atoms with Gasteiger partial charge in [0, 0.05) is 12.0 Å². The molecule has 0 aliphatic rings. The lowest BCUT2D eigenvalue weighted by Crippen LogP contribution is -2.32. The minimum Gasteiger partial charge on any atom is -0.393 e. The average molecular weight is 237 g/mol. The normalized spacial score (nSPS) is 16.7. The van der Waals surface area contributed by atoms with Crippen molar-refractivity contribution in [3.8, 4) is 0 Å². The van der Waals surface area contributed by atoms with Gasteiger partial charge in [-0.15, -0.1) is 0 Å². The van der Waals surface area contributed by atoms with Gasteiger partial charge in [0.1, 0.15) is 9.84 Å². The van der Waals surface area contributed by atoms with E-state index < -0.39 is 15.9 Å². The molecule has 4 nitrogen and oxygen atoms in total. The summed E-state index contributed by atoms with van der Waals surface area (Å²) in [6.45, 7) is 4.46. The molecular weight excluding hydrogens is 214 g/mol. The van der Waals surface area contributed by atoms with Gasteiger partial charge in [0.2, 0.25) is 0 Å². The van der Waals surface area contributed by atoms with E-state index in [4.69, 9.17) is 5.73 Å². The highest BCUT2D eigenvalue weighted by molar-refractivity contribution is 7.90. The van der Waals surface area contributed by atoms with Crippen LogP contribution in [0.25, 0.3) is 0 Å². The third-order valence-corrected chi connectivity index (χ3v) is 3.67. The fourth-order valence-electron chi connectivity index (χ4n) is 1.64. The molecule has 0 heterocycles. The minimum atomic E-state index is -2.91. The number of rotatable bonds is 7. The predicted molar refractivity (Wildman–Crippen MR) is 62.3 cm³/mol. The van der Waals surface area contributed by atoms with Crippen LogP contribution in [0.4, 0.5) is 0 Å². The largest absolute Gasteiger partial charge is 0.393 e. The molecule has 2 atom stereocenters. The van der Waals surface area contributed by atoms with E-state index in [2.05, 4.69) is 0 Å². The molecule has 0 aliphatic carbocycles. The summed E-state index contributed by atoms with van der Waals surface area (Å²) in [5, 5.41) is 9.80. The van der Waals surface area contributed by atoms with Crippen LogP contribution in [0.15, 0.2) is 0 Å². The van der Waals surface area contributed by atoms with Crippen molar-refractivity contribution < 1.29 is 13.5 Å². The van der Waals surface area contributed by atoms with Gasteiger partial charge in [0.05, 0.1) is 6.10 Å². The van der Waals surface area contributed by atoms with Crippen molar-refractivity contribution in [2.45, 2.75) is 32.8 Å². The summed E-state index contributed by atoms with van der Waals surface area (Å²) in [4.78, 5) is 0. The number of sulfone groups is 1. The number of nitrogens with two attached hydrogens (primary N) is 1. The summed E-state index contributed by atoms with van der Waals surface area (Å²) in [6.07, 6.45) is 1.73. The molecule has 0 fully saturated rings. The first-order chi connectivity index (χ1) is 6.78. The smallest absolute Gasteiger partial charge is 0.147 e. The Morgan fingerprint density at radius 2 is 1.87 bits per heavy atom. The Kier molecular flexibility index (Phi) is 6.40. The summed E-state index contributed by atoms with van der Waals surface area (Å²) in [5.41, 5.74) is 5.55. The van der Waals surface area contributed by atoms with E-state index in [1.165, 1.54) is 6.26 Å². The Morgan fingerprint density at radius 1 is 1.33 bits per heavy atom. The zero-order chi connectivity index (χ0) is 12.1. The molecule has 5 heteroatoms. The van der Waals surface area contributed by atoms with Crippen LogP contribution in [0.2, 0.25) is 0 Å². The predicted octanol–water partition coefficient (Wildman–Crippen LogP) is 0.403. The Balaban J connectivity index is 3.97. The lowest BCUT2D eigenvalue weighted by atomic mass is 9.88. The second-order valence-corrected chi connectivity index (χ2v) is 6.74. The highest BCUT2D eigenvalue weighted by Gasteiger charge is 2.21. The molecule has 0 aromatic rings. The molecule has 0 aromatic heterocycles. The molecule has 92 valence electrons. The maximum Gasteiger partial charge on any atom is 0.147 e. The lowest BCUT2D eigenvalue weighted by molar-refractivity contribution is 0.0779. The summed E-state index contributed by atoms with van der Waals surface area (Å²) in [6, 6.07) is 0. The van der Waals surface area contributed by atoms with Crippen molar-refractivity contribution >= 4 is 9.84 Å². The molecule has 0 amide bonds. The molecule has 0 aliphatic heterocycles. The first-order valence-corrected chi connectivity index (χ1v) is 7.40. The van der Waals surface area contributed by atoms with Gasteiger partial charge >= 0.3 is 0 Å². The standard InChI is InChI=1S/C10H23NO3S/c1-8(2)9(7-11)10(12)5-4-6-15(3,13)14/h8-10,12H,4-7,11H2,1-3H3. The van der Waals surface area contributed by atoms with Crippen LogP contribution in [0.3, 0.4) is 0 Å². The van der Waals surface area contributed by atoms with E-state index in [9.17, 15) is 13.5 Å². The van der Waals surface area contributed by atoms with Gasteiger partial charge in [0.15, 0.2) is 0 Å². The molecule has 2 unspecified atom stereocenters. The van der Waals surface area contributed by atoms with Crippen LogP contribution in [0.1, 0.15) is 26.7 Å². The van der Waals surface area contributed by atoms with Gasteiger partial charge in [-0.3, -0.25) is 0 Å². The highest BCUT2D eigenvalue weighted by atomic mass is 32.2. The van der Waals surface area contributed by atoms with Crippen molar-refractivity contribution in [2.75, 3.05) is 18.6 Å². The van der Waals surface area contributed by atoms with E-state index in [-0.39, 0.29) is 11.7 Å². The zero-order valence-electron chi connectivity index (χ0n) is 9.81. The van der Waals surface area contributed by atoms with Crippen LogP contribution in [0, 0.1) is 11.8 Å². The third kappa shape index (κ3) is 6.87. The van der Waals surface area contributed by atoms with Gasteiger partial charge in [-0.2, -0.15) is 0 Å². The topological polar surface area (TPSA) is 80.4 Å². The van der Waals surface area contributed by atoms with E-state index in [1.54, 1.807) is 0 Å². The SMILES string of the molecule is CC(C)C(CN)C(O)CCCS(C)(=O)=O. The fourth-order valence-corrected chi connectivity index (χ4v) is 2.33. The Labute approximate surface area is 92.8 Å². The number of hydrogen-bond acceptors (Lipinski definition) is 4. The second-order valence-electron chi connectivity index (χ2n) is 4.48. The summed E-state index contributed by atoms with van der Waals surface area (Å²) in [7, 11) is -2.91. The van der Waals surface area contributed by atoms with Crippen molar-refractivity contribution in [2.24, 2.45) is 17.6 Å². The average Bonchev–Trinajstić information content (AvgIpc) is 2.01. The van der Waals surface area contributed by atoms with Gasteiger partial charge < -0.3 is 10.8 Å². The van der Waals surface area contributed by atoms with Gasteiger partial charge in [-0.1, -0.05) is 13.8 Å². The van der Waals surface area contributed by atoms with E-state index in [0.29, 0.717) is 25.3 Å². The molecule has 0 spiro atoms. The summed E-state index contributed by atoms with van der Waals surface area (Å²) < 4.78 is 21.8. The summed E-state index contributed by atoms with van der Waals surface area (Å²) >= 11 is 0. The lowest BCUT2D eigenvalue weighted by Gasteiger charge is -2.24. The van der Waals surface area contributed by atoms with Crippen molar-refractivity contribution in [1.82, 2.24) is 0 Å². The fraction of sp³-hybridized carbons (Fsp3) is 1.00. The minimum absolute atomic E-state index is 0.0598. The van der Waals surface area contributed by atoms with Crippen molar-refractivity contribution in [1.29, 1.82) is 0 Å². The molecule has 0 saturated carbocycles. The van der Waals surface area contributed by atoms with Gasteiger partial charge in [-0.05, 0) is 31.2 Å². The first kappa shape index (κ1) is 14.9. The molecule has 0 saturated heterocycles. The Hall–Kier alpha value is -0.130. The van der Waals surface area contributed by atoms with Crippen LogP contribution in [0.5, 0.6) is 0 Å². The number of aliphatic hydroxyl groups excluding tert-OH is 1. The van der Waals surface area contributed by atoms with E-state index >= 15 is 0 Å². The summed E-state index contributed by atoms with van der Waals surface area (Å²) in [5.74, 6) is 0.521. The van der Waals surface area contributed by atoms with Crippen LogP contribution in [-0.2, 0) is 9.84 Å². The monoisotopic (exact) mass is 237 g/mol.